The first-order valence-corrected chi connectivity index (χ1v) is 3.94. The van der Waals surface area contributed by atoms with Crippen LogP contribution in [-0.2, 0) is 14.3 Å². The smallest absolute Gasteiger partial charge is 0.409 e. The number of aliphatic carboxylic acids is 2. The Morgan fingerprint density at radius 3 is 2.29 bits per heavy atom. The second-order valence-corrected chi connectivity index (χ2v) is 2.39. The van der Waals surface area contributed by atoms with Gasteiger partial charge in [-0.05, 0) is 0 Å². The first kappa shape index (κ1) is 12.5. The van der Waals surface area contributed by atoms with E-state index in [2.05, 4.69) is 4.74 Å². The van der Waals surface area contributed by atoms with Crippen molar-refractivity contribution in [1.82, 2.24) is 5.32 Å². The van der Waals surface area contributed by atoms with Crippen LogP contribution in [0.4, 0.5) is 4.79 Å². The standard InChI is InChI=1S/C6H8ClNO6/c7-2-14-6(13)8-3(5(11)12)1-4(9)10/h3H,1-2H2,(H,8,13)(H,9,10)(H,11,12). The van der Waals surface area contributed by atoms with E-state index in [1.807, 2.05) is 5.32 Å². The minimum absolute atomic E-state index is 0.439. The molecule has 0 aliphatic carbocycles. The molecule has 8 heteroatoms. The van der Waals surface area contributed by atoms with E-state index in [-0.39, 0.29) is 0 Å². The molecule has 0 radical (unpaired) electrons. The molecule has 0 heterocycles. The third-order valence-corrected chi connectivity index (χ3v) is 1.26. The van der Waals surface area contributed by atoms with Gasteiger partial charge in [0, 0.05) is 0 Å². The average molecular weight is 226 g/mol. The van der Waals surface area contributed by atoms with Gasteiger partial charge in [0.1, 0.15) is 6.04 Å². The minimum atomic E-state index is -1.52. The molecule has 0 spiro atoms. The highest BCUT2D eigenvalue weighted by molar-refractivity contribution is 6.17. The Morgan fingerprint density at radius 2 is 1.93 bits per heavy atom. The fourth-order valence-electron chi connectivity index (χ4n) is 0.608. The summed E-state index contributed by atoms with van der Waals surface area (Å²) in [6.07, 6.45) is -1.80. The molecule has 80 valence electrons. The number of hydrogen-bond acceptors (Lipinski definition) is 4. The maximum atomic E-state index is 10.7. The van der Waals surface area contributed by atoms with Crippen LogP contribution < -0.4 is 5.32 Å². The average Bonchev–Trinajstić information content (AvgIpc) is 2.02. The molecule has 0 rings (SSSR count). The third kappa shape index (κ3) is 5.20. The van der Waals surface area contributed by atoms with Crippen LogP contribution >= 0.6 is 11.6 Å². The molecule has 14 heavy (non-hydrogen) atoms. The highest BCUT2D eigenvalue weighted by atomic mass is 35.5. The molecular formula is C6H8ClNO6. The van der Waals surface area contributed by atoms with Gasteiger partial charge in [0.25, 0.3) is 0 Å². The molecule has 0 aromatic rings. The lowest BCUT2D eigenvalue weighted by atomic mass is 10.2. The van der Waals surface area contributed by atoms with Crippen molar-refractivity contribution in [2.24, 2.45) is 0 Å². The number of rotatable bonds is 5. The summed E-state index contributed by atoms with van der Waals surface area (Å²) >= 11 is 5.02. The first-order chi connectivity index (χ1) is 6.47. The molecule has 0 bridgehead atoms. The number of carbonyl (C=O) groups excluding carboxylic acids is 1. The monoisotopic (exact) mass is 225 g/mol. The Labute approximate surface area is 83.6 Å². The van der Waals surface area contributed by atoms with E-state index in [1.165, 1.54) is 0 Å². The summed E-state index contributed by atoms with van der Waals surface area (Å²) < 4.78 is 4.16. The van der Waals surface area contributed by atoms with Crippen molar-refractivity contribution in [3.8, 4) is 0 Å². The fraction of sp³-hybridized carbons (Fsp3) is 0.500. The zero-order valence-electron chi connectivity index (χ0n) is 6.90. The number of alkyl halides is 1. The van der Waals surface area contributed by atoms with Gasteiger partial charge in [0.2, 0.25) is 0 Å². The zero-order valence-corrected chi connectivity index (χ0v) is 7.65. The van der Waals surface area contributed by atoms with Gasteiger partial charge in [-0.25, -0.2) is 9.59 Å². The molecule has 7 nitrogen and oxygen atoms in total. The number of hydrogen-bond donors (Lipinski definition) is 3. The number of carboxylic acid groups (broad SMARTS) is 2. The molecule has 1 unspecified atom stereocenters. The molecule has 1 amide bonds. The number of halogens is 1. The van der Waals surface area contributed by atoms with Crippen molar-refractivity contribution in [3.05, 3.63) is 0 Å². The molecule has 0 saturated carbocycles. The van der Waals surface area contributed by atoms with E-state index in [0.29, 0.717) is 0 Å². The normalized spacial score (nSPS) is 11.5. The number of carbonyl (C=O) groups is 3. The SMILES string of the molecule is O=C(O)CC(NC(=O)OCCl)C(=O)O. The van der Waals surface area contributed by atoms with Gasteiger partial charge in [0.05, 0.1) is 6.42 Å². The quantitative estimate of drug-likeness (QED) is 0.560. The van der Waals surface area contributed by atoms with E-state index in [0.717, 1.165) is 0 Å². The van der Waals surface area contributed by atoms with Crippen LogP contribution in [0.15, 0.2) is 0 Å². The Bertz CT molecular complexity index is 242. The van der Waals surface area contributed by atoms with E-state index < -0.39 is 36.6 Å². The topological polar surface area (TPSA) is 113 Å². The van der Waals surface area contributed by atoms with E-state index in [1.54, 1.807) is 0 Å². The van der Waals surface area contributed by atoms with Crippen molar-refractivity contribution in [2.45, 2.75) is 12.5 Å². The van der Waals surface area contributed by atoms with Crippen molar-refractivity contribution < 1.29 is 29.3 Å². The Morgan fingerprint density at radius 1 is 1.36 bits per heavy atom. The van der Waals surface area contributed by atoms with E-state index in [9.17, 15) is 14.4 Å². The second-order valence-electron chi connectivity index (χ2n) is 2.17. The molecule has 1 atom stereocenters. The summed E-state index contributed by atoms with van der Waals surface area (Å²) in [6, 6.07) is -1.96. The second kappa shape index (κ2) is 6.03. The number of carboxylic acids is 2. The molecule has 0 aromatic heterocycles. The highest BCUT2D eigenvalue weighted by Crippen LogP contribution is 1.94. The number of nitrogens with one attached hydrogen (secondary N) is 1. The molecule has 0 saturated heterocycles. The summed E-state index contributed by atoms with van der Waals surface area (Å²) in [6.45, 7) is 0. The molecular weight excluding hydrogens is 218 g/mol. The molecule has 0 aliphatic heterocycles. The summed E-state index contributed by atoms with van der Waals surface area (Å²) in [5.74, 6) is -2.80. The van der Waals surface area contributed by atoms with Crippen LogP contribution in [0, 0.1) is 0 Å². The molecule has 3 N–H and O–H groups in total. The summed E-state index contributed by atoms with van der Waals surface area (Å²) in [5, 5.41) is 18.6. The Hall–Kier alpha value is -1.50. The molecule has 0 aromatic carbocycles. The molecule has 0 fully saturated rings. The summed E-state index contributed by atoms with van der Waals surface area (Å²) in [4.78, 5) is 31.2. The van der Waals surface area contributed by atoms with Crippen molar-refractivity contribution in [2.75, 3.05) is 6.07 Å². The lowest BCUT2D eigenvalue weighted by Crippen LogP contribution is -2.42. The van der Waals surface area contributed by atoms with Gasteiger partial charge >= 0.3 is 18.0 Å². The van der Waals surface area contributed by atoms with Crippen LogP contribution in [0.3, 0.4) is 0 Å². The first-order valence-electron chi connectivity index (χ1n) is 3.41. The van der Waals surface area contributed by atoms with Crippen LogP contribution in [0.5, 0.6) is 0 Å². The summed E-state index contributed by atoms with van der Waals surface area (Å²) in [7, 11) is 0. The Kier molecular flexibility index (Phi) is 5.38. The van der Waals surface area contributed by atoms with Gasteiger partial charge < -0.3 is 20.3 Å². The number of alkyl carbamates (subject to hydrolysis) is 1. The maximum Gasteiger partial charge on any atom is 0.409 e. The Balaban J connectivity index is 4.16. The fourth-order valence-corrected chi connectivity index (χ4v) is 0.707. The van der Waals surface area contributed by atoms with E-state index >= 15 is 0 Å². The minimum Gasteiger partial charge on any atom is -0.481 e. The van der Waals surface area contributed by atoms with Gasteiger partial charge in [-0.15, -0.1) is 0 Å². The van der Waals surface area contributed by atoms with Gasteiger partial charge in [-0.3, -0.25) is 4.79 Å². The molecule has 0 aliphatic rings. The third-order valence-electron chi connectivity index (χ3n) is 1.15. The number of amides is 1. The van der Waals surface area contributed by atoms with Crippen LogP contribution in [-0.4, -0.2) is 40.4 Å². The summed E-state index contributed by atoms with van der Waals surface area (Å²) in [5.41, 5.74) is 0. The maximum absolute atomic E-state index is 10.7. The van der Waals surface area contributed by atoms with Gasteiger partial charge in [0.15, 0.2) is 6.07 Å². The van der Waals surface area contributed by atoms with Crippen LogP contribution in [0.25, 0.3) is 0 Å². The van der Waals surface area contributed by atoms with Crippen molar-refractivity contribution in [3.63, 3.8) is 0 Å². The van der Waals surface area contributed by atoms with Gasteiger partial charge in [-0.1, -0.05) is 11.6 Å². The van der Waals surface area contributed by atoms with Crippen LogP contribution in [0.2, 0.25) is 0 Å². The lowest BCUT2D eigenvalue weighted by Gasteiger charge is -2.10. The van der Waals surface area contributed by atoms with E-state index in [4.69, 9.17) is 21.8 Å². The zero-order chi connectivity index (χ0) is 11.1. The lowest BCUT2D eigenvalue weighted by molar-refractivity contribution is -0.145. The largest absolute Gasteiger partial charge is 0.481 e. The number of ether oxygens (including phenoxy) is 1. The van der Waals surface area contributed by atoms with Crippen molar-refractivity contribution in [1.29, 1.82) is 0 Å². The van der Waals surface area contributed by atoms with Crippen LogP contribution in [0.1, 0.15) is 6.42 Å². The van der Waals surface area contributed by atoms with Crippen molar-refractivity contribution >= 4 is 29.6 Å². The predicted octanol–water partition coefficient (Wildman–Crippen LogP) is -0.163. The predicted molar refractivity (Wildman–Crippen MR) is 44.0 cm³/mol. The highest BCUT2D eigenvalue weighted by Gasteiger charge is 2.23. The van der Waals surface area contributed by atoms with Gasteiger partial charge in [-0.2, -0.15) is 0 Å².